The second kappa shape index (κ2) is 6.24. The molecule has 2 rings (SSSR count). The minimum Gasteiger partial charge on any atom is -0.335 e. The van der Waals surface area contributed by atoms with Gasteiger partial charge in [0.1, 0.15) is 0 Å². The Labute approximate surface area is 112 Å². The average Bonchev–Trinajstić information content (AvgIpc) is 2.90. The van der Waals surface area contributed by atoms with E-state index in [4.69, 9.17) is 0 Å². The molecule has 0 spiro atoms. The van der Waals surface area contributed by atoms with Crippen LogP contribution in [0.2, 0.25) is 0 Å². The molecule has 2 heterocycles. The van der Waals surface area contributed by atoms with Crippen LogP contribution in [0.25, 0.3) is 0 Å². The van der Waals surface area contributed by atoms with Crippen molar-refractivity contribution < 1.29 is 4.79 Å². The van der Waals surface area contributed by atoms with Crippen LogP contribution in [-0.4, -0.2) is 45.2 Å². The van der Waals surface area contributed by atoms with Gasteiger partial charge in [0.25, 0.3) is 5.91 Å². The Balaban J connectivity index is 2.01. The molecule has 0 saturated carbocycles. The fraction of sp³-hybridized carbons (Fsp3) is 0.750. The van der Waals surface area contributed by atoms with Crippen LogP contribution in [-0.2, 0) is 0 Å². The smallest absolute Gasteiger partial charge is 0.275 e. The molecule has 1 aliphatic rings. The lowest BCUT2D eigenvalue weighted by atomic mass is 9.97. The maximum atomic E-state index is 12.3. The van der Waals surface area contributed by atoms with Gasteiger partial charge in [-0.05, 0) is 45.7 Å². The van der Waals surface area contributed by atoms with Gasteiger partial charge in [0.05, 0.1) is 17.9 Å². The first kappa shape index (κ1) is 13.4. The van der Waals surface area contributed by atoms with Gasteiger partial charge in [-0.25, -0.2) is 0 Å². The van der Waals surface area contributed by atoms with Crippen LogP contribution < -0.4 is 5.32 Å². The van der Waals surface area contributed by atoms with Crippen molar-refractivity contribution in [2.24, 2.45) is 5.92 Å². The summed E-state index contributed by atoms with van der Waals surface area (Å²) in [5.41, 5.74) is 0.475. The molecule has 1 aromatic heterocycles. The van der Waals surface area contributed by atoms with E-state index in [9.17, 15) is 4.79 Å². The quantitative estimate of drug-likeness (QED) is 0.896. The van der Waals surface area contributed by atoms with Crippen molar-refractivity contribution in [3.05, 3.63) is 11.9 Å². The number of amides is 1. The highest BCUT2D eigenvalue weighted by molar-refractivity contribution is 6.99. The Kier molecular flexibility index (Phi) is 4.66. The second-order valence-corrected chi connectivity index (χ2v) is 5.59. The minimum atomic E-state index is 0.0114. The number of rotatable bonds is 4. The molecular weight excluding hydrogens is 248 g/mol. The van der Waals surface area contributed by atoms with E-state index in [2.05, 4.69) is 27.9 Å². The number of nitrogens with one attached hydrogen (secondary N) is 1. The molecule has 1 saturated heterocycles. The number of piperidine rings is 1. The van der Waals surface area contributed by atoms with Gasteiger partial charge < -0.3 is 10.2 Å². The summed E-state index contributed by atoms with van der Waals surface area (Å²) in [5.74, 6) is 0.612. The number of aromatic nitrogens is 2. The van der Waals surface area contributed by atoms with E-state index in [1.807, 2.05) is 4.90 Å². The van der Waals surface area contributed by atoms with Gasteiger partial charge in [-0.1, -0.05) is 0 Å². The van der Waals surface area contributed by atoms with E-state index in [0.29, 0.717) is 11.6 Å². The van der Waals surface area contributed by atoms with Crippen LogP contribution in [0.15, 0.2) is 6.20 Å². The number of carbonyl (C=O) groups is 1. The molecule has 1 aromatic rings. The van der Waals surface area contributed by atoms with E-state index in [1.54, 1.807) is 6.20 Å². The first-order valence-corrected chi connectivity index (χ1v) is 7.20. The van der Waals surface area contributed by atoms with E-state index in [1.165, 1.54) is 0 Å². The summed E-state index contributed by atoms with van der Waals surface area (Å²) in [6.45, 7) is 7.05. The number of hydrogen-bond acceptors (Lipinski definition) is 5. The predicted molar refractivity (Wildman–Crippen MR) is 71.7 cm³/mol. The zero-order chi connectivity index (χ0) is 13.0. The van der Waals surface area contributed by atoms with Crippen molar-refractivity contribution in [1.82, 2.24) is 19.0 Å². The van der Waals surface area contributed by atoms with Gasteiger partial charge >= 0.3 is 0 Å². The van der Waals surface area contributed by atoms with Crippen molar-refractivity contribution in [2.75, 3.05) is 19.6 Å². The maximum absolute atomic E-state index is 12.3. The summed E-state index contributed by atoms with van der Waals surface area (Å²) in [5, 5.41) is 3.35. The molecule has 1 fully saturated rings. The molecule has 1 N–H and O–H groups in total. The third-order valence-electron chi connectivity index (χ3n) is 3.38. The molecular formula is C12H20N4OS. The highest BCUT2D eigenvalue weighted by Crippen LogP contribution is 2.17. The first-order chi connectivity index (χ1) is 8.68. The van der Waals surface area contributed by atoms with E-state index < -0.39 is 0 Å². The van der Waals surface area contributed by atoms with Crippen molar-refractivity contribution in [2.45, 2.75) is 32.7 Å². The molecule has 100 valence electrons. The van der Waals surface area contributed by atoms with E-state index >= 15 is 0 Å². The Morgan fingerprint density at radius 2 is 2.28 bits per heavy atom. The third kappa shape index (κ3) is 3.26. The van der Waals surface area contributed by atoms with Crippen LogP contribution in [0, 0.1) is 5.92 Å². The summed E-state index contributed by atoms with van der Waals surface area (Å²) < 4.78 is 7.94. The van der Waals surface area contributed by atoms with Crippen molar-refractivity contribution in [3.8, 4) is 0 Å². The third-order valence-corrected chi connectivity index (χ3v) is 3.86. The average molecular weight is 268 g/mol. The second-order valence-electron chi connectivity index (χ2n) is 5.04. The Bertz CT molecular complexity index is 373. The number of hydrogen-bond donors (Lipinski definition) is 1. The fourth-order valence-corrected chi connectivity index (χ4v) is 2.68. The first-order valence-electron chi connectivity index (χ1n) is 6.47. The minimum absolute atomic E-state index is 0.0114. The molecule has 0 aliphatic carbocycles. The van der Waals surface area contributed by atoms with Crippen molar-refractivity contribution in [1.29, 1.82) is 0 Å². The SMILES string of the molecule is CC(C)N(CC1CCNCC1)C(=O)c1cnsn1. The van der Waals surface area contributed by atoms with E-state index in [0.717, 1.165) is 44.2 Å². The molecule has 0 unspecified atom stereocenters. The lowest BCUT2D eigenvalue weighted by Crippen LogP contribution is -2.43. The van der Waals surface area contributed by atoms with Crippen molar-refractivity contribution >= 4 is 17.6 Å². The molecule has 1 aliphatic heterocycles. The summed E-state index contributed by atoms with van der Waals surface area (Å²) in [4.78, 5) is 14.3. The van der Waals surface area contributed by atoms with Gasteiger partial charge in [-0.15, -0.1) is 0 Å². The molecule has 6 heteroatoms. The number of nitrogens with zero attached hydrogens (tertiary/aromatic N) is 3. The summed E-state index contributed by atoms with van der Waals surface area (Å²) in [6, 6.07) is 0.203. The number of carbonyl (C=O) groups excluding carboxylic acids is 1. The van der Waals surface area contributed by atoms with Gasteiger partial charge in [0.15, 0.2) is 5.69 Å². The summed E-state index contributed by atoms with van der Waals surface area (Å²) in [6.07, 6.45) is 3.85. The molecule has 1 amide bonds. The summed E-state index contributed by atoms with van der Waals surface area (Å²) in [7, 11) is 0. The monoisotopic (exact) mass is 268 g/mol. The molecule has 18 heavy (non-hydrogen) atoms. The highest BCUT2D eigenvalue weighted by atomic mass is 32.1. The highest BCUT2D eigenvalue weighted by Gasteiger charge is 2.25. The lowest BCUT2D eigenvalue weighted by molar-refractivity contribution is 0.0653. The molecule has 0 aromatic carbocycles. The van der Waals surface area contributed by atoms with Crippen LogP contribution in [0.3, 0.4) is 0 Å². The van der Waals surface area contributed by atoms with Crippen LogP contribution in [0.5, 0.6) is 0 Å². The van der Waals surface area contributed by atoms with Gasteiger partial charge in [-0.2, -0.15) is 8.75 Å². The van der Waals surface area contributed by atoms with Crippen LogP contribution in [0.1, 0.15) is 37.2 Å². The van der Waals surface area contributed by atoms with Gasteiger partial charge in [-0.3, -0.25) is 4.79 Å². The topological polar surface area (TPSA) is 58.1 Å². The fourth-order valence-electron chi connectivity index (χ4n) is 2.28. The zero-order valence-corrected chi connectivity index (χ0v) is 11.7. The molecule has 0 atom stereocenters. The van der Waals surface area contributed by atoms with Crippen LogP contribution in [0.4, 0.5) is 0 Å². The zero-order valence-electron chi connectivity index (χ0n) is 10.9. The van der Waals surface area contributed by atoms with Gasteiger partial charge in [0.2, 0.25) is 0 Å². The van der Waals surface area contributed by atoms with Gasteiger partial charge in [0, 0.05) is 12.6 Å². The Morgan fingerprint density at radius 3 is 2.83 bits per heavy atom. The lowest BCUT2D eigenvalue weighted by Gasteiger charge is -2.32. The standard InChI is InChI=1S/C12H20N4OS/c1-9(2)16(8-10-3-5-13-6-4-10)12(17)11-7-14-18-15-11/h7,9-10,13H,3-6,8H2,1-2H3. The summed E-state index contributed by atoms with van der Waals surface area (Å²) >= 11 is 1.09. The predicted octanol–water partition coefficient (Wildman–Crippen LogP) is 1.39. The Morgan fingerprint density at radius 1 is 1.56 bits per heavy atom. The van der Waals surface area contributed by atoms with Crippen LogP contribution >= 0.6 is 11.7 Å². The Hall–Kier alpha value is -1.01. The normalized spacial score (nSPS) is 17.1. The molecule has 0 bridgehead atoms. The molecule has 0 radical (unpaired) electrons. The van der Waals surface area contributed by atoms with Crippen molar-refractivity contribution in [3.63, 3.8) is 0 Å². The molecule has 5 nitrogen and oxygen atoms in total. The largest absolute Gasteiger partial charge is 0.335 e. The van der Waals surface area contributed by atoms with E-state index in [-0.39, 0.29) is 11.9 Å². The maximum Gasteiger partial charge on any atom is 0.275 e.